The second-order valence-electron chi connectivity index (χ2n) is 20.1. The Morgan fingerprint density at radius 3 is 0.761 bits per heavy atom. The largest absolute Gasteiger partial charge is 0.481 e. The number of carboxylic acid groups (broad SMARTS) is 2. The summed E-state index contributed by atoms with van der Waals surface area (Å²) in [6.07, 6.45) is 46.8. The topological polar surface area (TPSA) is 182 Å². The molecular formula is C56H100O11. The number of carboxylic acids is 2. The Labute approximate surface area is 407 Å². The van der Waals surface area contributed by atoms with E-state index >= 15 is 0 Å². The third-order valence-corrected chi connectivity index (χ3v) is 13.6. The van der Waals surface area contributed by atoms with Gasteiger partial charge < -0.3 is 24.8 Å². The highest BCUT2D eigenvalue weighted by Gasteiger charge is 2.18. The van der Waals surface area contributed by atoms with Gasteiger partial charge in [0.25, 0.3) is 0 Å². The molecule has 11 heteroatoms. The van der Waals surface area contributed by atoms with Crippen LogP contribution in [-0.2, 0) is 38.2 Å². The van der Waals surface area contributed by atoms with Crippen molar-refractivity contribution >= 4 is 35.4 Å². The van der Waals surface area contributed by atoms with Gasteiger partial charge in [-0.25, -0.2) is 0 Å². The minimum atomic E-state index is -0.721. The van der Waals surface area contributed by atoms with E-state index in [2.05, 4.69) is 0 Å². The molecule has 3 saturated carbocycles. The number of hydrogen-bond acceptors (Lipinski definition) is 9. The molecule has 3 fully saturated rings. The lowest BCUT2D eigenvalue weighted by Gasteiger charge is -2.21. The van der Waals surface area contributed by atoms with Crippen LogP contribution in [0.15, 0.2) is 0 Å². The molecular weight excluding hydrogens is 849 g/mol. The zero-order valence-electron chi connectivity index (χ0n) is 42.6. The molecule has 11 nitrogen and oxygen atoms in total. The third-order valence-electron chi connectivity index (χ3n) is 13.6. The Balaban J connectivity index is 0.000000618. The van der Waals surface area contributed by atoms with Gasteiger partial charge in [0, 0.05) is 51.4 Å². The van der Waals surface area contributed by atoms with Crippen LogP contribution in [0.1, 0.15) is 302 Å². The van der Waals surface area contributed by atoms with E-state index in [4.69, 9.17) is 24.8 Å². The molecule has 3 N–H and O–H groups in total. The second kappa shape index (κ2) is 45.6. The fourth-order valence-corrected chi connectivity index (χ4v) is 9.39. The highest BCUT2D eigenvalue weighted by atomic mass is 16.5. The molecule has 0 bridgehead atoms. The first kappa shape index (κ1) is 62.2. The standard InChI is InChI=1S/C31H54O5.C19H34O5.C6H12O/c32-27(19-11-5-1-3-7-17-25-30(33)35-28-21-13-9-14-22-28)20-12-6-2-4-8-18-26-31(34)36-29-23-15-10-16-24-29;20-17(13-9-5-1-3-7-11-15-18(21)22)14-10-6-2-4-8-12-16-19(23)24;7-6-4-2-1-3-5-6/h28-29H,1-26H2;1-16H2,(H,21,22)(H,23,24);6-7H,1-5H2. The molecule has 0 aliphatic heterocycles. The van der Waals surface area contributed by atoms with Crippen LogP contribution in [-0.4, -0.2) is 69.1 Å². The van der Waals surface area contributed by atoms with Gasteiger partial charge in [-0.2, -0.15) is 0 Å². The summed E-state index contributed by atoms with van der Waals surface area (Å²) in [5.41, 5.74) is 0. The second-order valence-corrected chi connectivity index (χ2v) is 20.1. The van der Waals surface area contributed by atoms with Crippen molar-refractivity contribution in [2.24, 2.45) is 0 Å². The molecule has 67 heavy (non-hydrogen) atoms. The van der Waals surface area contributed by atoms with Gasteiger partial charge in [0.05, 0.1) is 6.10 Å². The molecule has 0 spiro atoms. The molecule has 0 aromatic rings. The third kappa shape index (κ3) is 44.2. The maximum Gasteiger partial charge on any atom is 0.306 e. The van der Waals surface area contributed by atoms with E-state index in [0.717, 1.165) is 205 Å². The Bertz CT molecular complexity index is 1150. The first-order valence-corrected chi connectivity index (χ1v) is 28.1. The molecule has 0 aromatic carbocycles. The summed E-state index contributed by atoms with van der Waals surface area (Å²) in [5.74, 6) is -0.705. The van der Waals surface area contributed by atoms with Crippen molar-refractivity contribution in [2.75, 3.05) is 0 Å². The quantitative estimate of drug-likeness (QED) is 0.0396. The normalized spacial score (nSPS) is 15.7. The summed E-state index contributed by atoms with van der Waals surface area (Å²) in [4.78, 5) is 68.3. The van der Waals surface area contributed by atoms with Crippen LogP contribution in [0.4, 0.5) is 0 Å². The lowest BCUT2D eigenvalue weighted by Crippen LogP contribution is -2.20. The smallest absolute Gasteiger partial charge is 0.306 e. The molecule has 0 saturated heterocycles. The number of rotatable bonds is 38. The van der Waals surface area contributed by atoms with Crippen LogP contribution in [0, 0.1) is 0 Å². The number of aliphatic hydroxyl groups excluding tert-OH is 1. The van der Waals surface area contributed by atoms with Crippen molar-refractivity contribution in [1.29, 1.82) is 0 Å². The summed E-state index contributed by atoms with van der Waals surface area (Å²) >= 11 is 0. The first-order valence-electron chi connectivity index (χ1n) is 28.1. The van der Waals surface area contributed by atoms with Gasteiger partial charge in [-0.3, -0.25) is 28.8 Å². The number of aliphatic hydroxyl groups is 1. The van der Waals surface area contributed by atoms with E-state index in [1.54, 1.807) is 0 Å². The van der Waals surface area contributed by atoms with Crippen molar-refractivity contribution in [1.82, 2.24) is 0 Å². The maximum atomic E-state index is 12.1. The van der Waals surface area contributed by atoms with Gasteiger partial charge in [-0.05, 0) is 116 Å². The van der Waals surface area contributed by atoms with Gasteiger partial charge in [0.15, 0.2) is 0 Å². The van der Waals surface area contributed by atoms with E-state index in [9.17, 15) is 28.8 Å². The van der Waals surface area contributed by atoms with Crippen LogP contribution < -0.4 is 0 Å². The van der Waals surface area contributed by atoms with E-state index in [0.29, 0.717) is 37.2 Å². The predicted molar refractivity (Wildman–Crippen MR) is 268 cm³/mol. The lowest BCUT2D eigenvalue weighted by molar-refractivity contribution is -0.151. The van der Waals surface area contributed by atoms with Crippen LogP contribution in [0.2, 0.25) is 0 Å². The van der Waals surface area contributed by atoms with Gasteiger partial charge in [0.2, 0.25) is 0 Å². The molecule has 0 unspecified atom stereocenters. The Hall–Kier alpha value is -2.82. The molecule has 3 rings (SSSR count). The number of aliphatic carboxylic acids is 2. The molecule has 0 heterocycles. The highest BCUT2D eigenvalue weighted by Crippen LogP contribution is 2.23. The highest BCUT2D eigenvalue weighted by molar-refractivity contribution is 5.78. The van der Waals surface area contributed by atoms with E-state index < -0.39 is 11.9 Å². The summed E-state index contributed by atoms with van der Waals surface area (Å²) in [6, 6.07) is 0. The zero-order valence-corrected chi connectivity index (χ0v) is 42.6. The number of esters is 2. The zero-order chi connectivity index (χ0) is 48.8. The van der Waals surface area contributed by atoms with Crippen LogP contribution in [0.3, 0.4) is 0 Å². The number of hydrogen-bond donors (Lipinski definition) is 3. The van der Waals surface area contributed by atoms with Crippen molar-refractivity contribution in [3.63, 3.8) is 0 Å². The Kier molecular flexibility index (Phi) is 42.3. The van der Waals surface area contributed by atoms with Crippen molar-refractivity contribution in [3.8, 4) is 0 Å². The number of carbonyl (C=O) groups excluding carboxylic acids is 4. The fourth-order valence-electron chi connectivity index (χ4n) is 9.39. The number of Topliss-reactive ketones (excluding diaryl/α,β-unsaturated/α-hetero) is 2. The van der Waals surface area contributed by atoms with E-state index in [1.165, 1.54) is 57.8 Å². The minimum absolute atomic E-state index is 0.0120. The first-order chi connectivity index (χ1) is 32.5. The van der Waals surface area contributed by atoms with Crippen molar-refractivity contribution in [2.45, 2.75) is 320 Å². The van der Waals surface area contributed by atoms with Crippen molar-refractivity contribution < 1.29 is 53.6 Å². The maximum absolute atomic E-state index is 12.1. The summed E-state index contributed by atoms with van der Waals surface area (Å²) < 4.78 is 11.1. The minimum Gasteiger partial charge on any atom is -0.481 e. The average molecular weight is 949 g/mol. The van der Waals surface area contributed by atoms with Gasteiger partial charge in [-0.15, -0.1) is 0 Å². The molecule has 0 radical (unpaired) electrons. The average Bonchev–Trinajstić information content (AvgIpc) is 3.31. The van der Waals surface area contributed by atoms with Crippen LogP contribution >= 0.6 is 0 Å². The molecule has 0 aromatic heterocycles. The van der Waals surface area contributed by atoms with Crippen molar-refractivity contribution in [3.05, 3.63) is 0 Å². The number of carbonyl (C=O) groups is 6. The Morgan fingerprint density at radius 1 is 0.299 bits per heavy atom. The summed E-state index contributed by atoms with van der Waals surface area (Å²) in [7, 11) is 0. The van der Waals surface area contributed by atoms with E-state index in [-0.39, 0.29) is 43.1 Å². The molecule has 390 valence electrons. The Morgan fingerprint density at radius 2 is 0.522 bits per heavy atom. The fraction of sp³-hybridized carbons (Fsp3) is 0.893. The molecule has 0 amide bonds. The van der Waals surface area contributed by atoms with Gasteiger partial charge >= 0.3 is 23.9 Å². The molecule has 0 atom stereocenters. The summed E-state index contributed by atoms with van der Waals surface area (Å²) in [5, 5.41) is 25.9. The SMILES string of the molecule is O=C(CCCCCCCCC(=O)OC1CCCCC1)CCCCCCCCC(=O)OC1CCCCC1.O=C(O)CCCCCCCCC(=O)CCCCCCCCC(=O)O.OC1CCCCC1. The monoisotopic (exact) mass is 949 g/mol. The van der Waals surface area contributed by atoms with Crippen LogP contribution in [0.25, 0.3) is 0 Å². The van der Waals surface area contributed by atoms with E-state index in [1.807, 2.05) is 0 Å². The molecule has 3 aliphatic rings. The predicted octanol–water partition coefficient (Wildman–Crippen LogP) is 14.8. The van der Waals surface area contributed by atoms with Crippen LogP contribution in [0.5, 0.6) is 0 Å². The number of ketones is 2. The summed E-state index contributed by atoms with van der Waals surface area (Å²) in [6.45, 7) is 0. The lowest BCUT2D eigenvalue weighted by atomic mass is 9.98. The van der Waals surface area contributed by atoms with Gasteiger partial charge in [0.1, 0.15) is 23.8 Å². The number of ether oxygens (including phenoxy) is 2. The number of unbranched alkanes of at least 4 members (excludes halogenated alkanes) is 20. The van der Waals surface area contributed by atoms with Gasteiger partial charge in [-0.1, -0.05) is 135 Å². The molecule has 3 aliphatic carbocycles.